The summed E-state index contributed by atoms with van der Waals surface area (Å²) in [5.41, 5.74) is 3.14. The van der Waals surface area contributed by atoms with Crippen molar-refractivity contribution >= 4 is 10.9 Å². The molecule has 0 radical (unpaired) electrons. The predicted molar refractivity (Wildman–Crippen MR) is 99.9 cm³/mol. The molecule has 0 aromatic heterocycles. The second-order valence-electron chi connectivity index (χ2n) is 7.55. The maximum absolute atomic E-state index is 3.09. The number of benzene rings is 1. The van der Waals surface area contributed by atoms with Crippen LogP contribution in [0.4, 0.5) is 0 Å². The number of hydrogen-bond acceptors (Lipinski definition) is 1. The lowest BCUT2D eigenvalue weighted by atomic mass is 9.89. The Morgan fingerprint density at radius 3 is 2.05 bits per heavy atom. The van der Waals surface area contributed by atoms with Crippen LogP contribution in [-0.4, -0.2) is 18.6 Å². The number of rotatable bonds is 2. The van der Waals surface area contributed by atoms with Gasteiger partial charge in [-0.2, -0.15) is 0 Å². The van der Waals surface area contributed by atoms with Gasteiger partial charge < -0.3 is 5.32 Å². The first-order valence-corrected chi connectivity index (χ1v) is 9.64. The van der Waals surface area contributed by atoms with E-state index in [1.165, 1.54) is 22.8 Å². The predicted octanol–water partition coefficient (Wildman–Crippen LogP) is 3.96. The van der Waals surface area contributed by atoms with Crippen LogP contribution in [0.25, 0.3) is 0 Å². The largest absolute Gasteiger partial charge is 0.349 e. The molecular formula is C20H28NS+. The molecule has 1 aliphatic heterocycles. The third-order valence-electron chi connectivity index (χ3n) is 3.79. The van der Waals surface area contributed by atoms with Gasteiger partial charge in [-0.1, -0.05) is 52.0 Å². The second kappa shape index (κ2) is 6.84. The fourth-order valence-corrected chi connectivity index (χ4v) is 6.07. The highest BCUT2D eigenvalue weighted by molar-refractivity contribution is 7.96. The van der Waals surface area contributed by atoms with E-state index in [0.717, 1.165) is 5.56 Å². The molecule has 0 aliphatic carbocycles. The molecule has 1 aliphatic rings. The Hall–Kier alpha value is -1.33. The van der Waals surface area contributed by atoms with Gasteiger partial charge in [0.2, 0.25) is 0 Å². The minimum Gasteiger partial charge on any atom is -0.349 e. The fraction of sp³-hybridized carbons (Fsp3) is 0.500. The van der Waals surface area contributed by atoms with Crippen molar-refractivity contribution in [1.82, 2.24) is 5.32 Å². The van der Waals surface area contributed by atoms with Crippen LogP contribution in [-0.2, 0) is 16.6 Å². The van der Waals surface area contributed by atoms with Crippen molar-refractivity contribution < 1.29 is 0 Å². The fourth-order valence-electron chi connectivity index (χ4n) is 2.81. The lowest BCUT2D eigenvalue weighted by Gasteiger charge is -2.20. The van der Waals surface area contributed by atoms with Crippen LogP contribution >= 0.6 is 0 Å². The summed E-state index contributed by atoms with van der Waals surface area (Å²) >= 11 is 0. The summed E-state index contributed by atoms with van der Waals surface area (Å²) < 4.78 is 0. The average molecular weight is 315 g/mol. The normalized spacial score (nSPS) is 19.9. The summed E-state index contributed by atoms with van der Waals surface area (Å²) in [6.07, 6.45) is 4.85. The van der Waals surface area contributed by atoms with E-state index in [1.54, 1.807) is 0 Å². The minimum absolute atomic E-state index is 0.315. The van der Waals surface area contributed by atoms with Gasteiger partial charge in [-0.15, -0.1) is 0 Å². The summed E-state index contributed by atoms with van der Waals surface area (Å²) in [5, 5.41) is 2.85. The van der Waals surface area contributed by atoms with Gasteiger partial charge in [0, 0.05) is 35.0 Å². The SMILES string of the molecule is CNC#Cc1ccc(C[S+]2CC(C)(C)C=CC(C)(C)C2)cc1. The van der Waals surface area contributed by atoms with Crippen molar-refractivity contribution in [3.05, 3.63) is 47.5 Å². The number of allylic oxidation sites excluding steroid dienone is 2. The zero-order valence-electron chi connectivity index (χ0n) is 14.5. The van der Waals surface area contributed by atoms with Crippen molar-refractivity contribution in [3.8, 4) is 12.0 Å². The maximum atomic E-state index is 3.09. The molecule has 22 heavy (non-hydrogen) atoms. The Morgan fingerprint density at radius 2 is 1.55 bits per heavy atom. The molecular weight excluding hydrogens is 286 g/mol. The second-order valence-corrected chi connectivity index (χ2v) is 9.64. The molecule has 0 saturated heterocycles. The summed E-state index contributed by atoms with van der Waals surface area (Å²) in [6, 6.07) is 11.6. The molecule has 0 fully saturated rings. The van der Waals surface area contributed by atoms with Gasteiger partial charge in [-0.25, -0.2) is 0 Å². The first kappa shape index (κ1) is 17.0. The topological polar surface area (TPSA) is 12.0 Å². The molecule has 0 spiro atoms. The molecule has 2 rings (SSSR count). The summed E-state index contributed by atoms with van der Waals surface area (Å²) in [4.78, 5) is 0. The van der Waals surface area contributed by atoms with Gasteiger partial charge in [0.25, 0.3) is 0 Å². The van der Waals surface area contributed by atoms with Crippen LogP contribution in [0.1, 0.15) is 38.8 Å². The van der Waals surface area contributed by atoms with E-state index in [4.69, 9.17) is 0 Å². The number of nitrogens with one attached hydrogen (secondary N) is 1. The standard InChI is InChI=1S/C20H28NS/c1-19(2)11-12-20(3,4)16-22(15-19)14-18-8-6-17(7-9-18)10-13-21-5/h6-9,11-12,21H,14-16H2,1-5H3/q+1. The van der Waals surface area contributed by atoms with Crippen LogP contribution in [0.5, 0.6) is 0 Å². The highest BCUT2D eigenvalue weighted by Crippen LogP contribution is 2.34. The quantitative estimate of drug-likeness (QED) is 0.377. The van der Waals surface area contributed by atoms with Gasteiger partial charge in [0.1, 0.15) is 17.3 Å². The minimum atomic E-state index is 0.315. The van der Waals surface area contributed by atoms with Crippen molar-refractivity contribution in [2.75, 3.05) is 18.6 Å². The van der Waals surface area contributed by atoms with Crippen LogP contribution in [0.15, 0.2) is 36.4 Å². The van der Waals surface area contributed by atoms with E-state index in [0.29, 0.717) is 21.7 Å². The molecule has 0 amide bonds. The van der Waals surface area contributed by atoms with Gasteiger partial charge >= 0.3 is 0 Å². The zero-order valence-corrected chi connectivity index (χ0v) is 15.3. The van der Waals surface area contributed by atoms with E-state index in [9.17, 15) is 0 Å². The van der Waals surface area contributed by atoms with Crippen molar-refractivity contribution in [2.24, 2.45) is 10.8 Å². The lowest BCUT2D eigenvalue weighted by molar-refractivity contribution is 0.531. The Bertz CT molecular complexity index is 564. The monoisotopic (exact) mass is 314 g/mol. The maximum Gasteiger partial charge on any atom is 0.133 e. The molecule has 1 N–H and O–H groups in total. The average Bonchev–Trinajstić information content (AvgIpc) is 2.53. The van der Waals surface area contributed by atoms with E-state index in [1.807, 2.05) is 7.05 Å². The molecule has 1 aromatic carbocycles. The van der Waals surface area contributed by atoms with Gasteiger partial charge in [0.15, 0.2) is 0 Å². The smallest absolute Gasteiger partial charge is 0.133 e. The molecule has 0 unspecified atom stereocenters. The summed E-state index contributed by atoms with van der Waals surface area (Å²) in [6.45, 7) is 9.45. The van der Waals surface area contributed by atoms with Crippen molar-refractivity contribution in [1.29, 1.82) is 0 Å². The number of hydrogen-bond donors (Lipinski definition) is 1. The molecule has 2 heteroatoms. The van der Waals surface area contributed by atoms with E-state index >= 15 is 0 Å². The molecule has 0 atom stereocenters. The molecule has 1 nitrogen and oxygen atoms in total. The molecule has 0 saturated carbocycles. The Balaban J connectivity index is 2.09. The summed E-state index contributed by atoms with van der Waals surface area (Å²) in [7, 11) is 2.26. The molecule has 0 bridgehead atoms. The van der Waals surface area contributed by atoms with E-state index < -0.39 is 0 Å². The van der Waals surface area contributed by atoms with Crippen LogP contribution in [0.2, 0.25) is 0 Å². The Morgan fingerprint density at radius 1 is 1.00 bits per heavy atom. The molecule has 118 valence electrons. The van der Waals surface area contributed by atoms with Crippen LogP contribution < -0.4 is 5.32 Å². The third-order valence-corrected chi connectivity index (χ3v) is 6.84. The Kier molecular flexibility index (Phi) is 5.29. The van der Waals surface area contributed by atoms with Crippen LogP contribution in [0, 0.1) is 22.8 Å². The lowest BCUT2D eigenvalue weighted by Crippen LogP contribution is -2.28. The molecule has 1 heterocycles. The van der Waals surface area contributed by atoms with Crippen molar-refractivity contribution in [3.63, 3.8) is 0 Å². The van der Waals surface area contributed by atoms with Gasteiger partial charge in [-0.05, 0) is 28.9 Å². The first-order valence-electron chi connectivity index (χ1n) is 7.91. The zero-order chi connectivity index (χ0) is 16.2. The van der Waals surface area contributed by atoms with Gasteiger partial charge in [0.05, 0.1) is 0 Å². The third kappa shape index (κ3) is 5.14. The van der Waals surface area contributed by atoms with E-state index in [-0.39, 0.29) is 0 Å². The molecule has 1 aromatic rings. The van der Waals surface area contributed by atoms with Crippen LogP contribution in [0.3, 0.4) is 0 Å². The first-order chi connectivity index (χ1) is 10.3. The van der Waals surface area contributed by atoms with Gasteiger partial charge in [-0.3, -0.25) is 0 Å². The van der Waals surface area contributed by atoms with E-state index in [2.05, 4.69) is 81.4 Å². The van der Waals surface area contributed by atoms with Crippen molar-refractivity contribution in [2.45, 2.75) is 33.4 Å². The Labute approximate surface area is 138 Å². The highest BCUT2D eigenvalue weighted by Gasteiger charge is 2.36. The summed E-state index contributed by atoms with van der Waals surface area (Å²) in [5.74, 6) is 6.85. The highest BCUT2D eigenvalue weighted by atomic mass is 32.2.